The molecule has 0 atom stereocenters. The van der Waals surface area contributed by atoms with Gasteiger partial charge >= 0.3 is 0 Å². The van der Waals surface area contributed by atoms with Gasteiger partial charge in [0.05, 0.1) is 34.0 Å². The van der Waals surface area contributed by atoms with Crippen LogP contribution >= 0.6 is 0 Å². The first-order valence-corrected chi connectivity index (χ1v) is 8.81. The van der Waals surface area contributed by atoms with Gasteiger partial charge in [0.25, 0.3) is 0 Å². The molecule has 6 rings (SSSR count). The summed E-state index contributed by atoms with van der Waals surface area (Å²) in [5.74, 6) is -0.0109. The molecule has 0 saturated carbocycles. The van der Waals surface area contributed by atoms with Gasteiger partial charge in [-0.25, -0.2) is 0 Å². The predicted octanol–water partition coefficient (Wildman–Crippen LogP) is 4.79. The minimum atomic E-state index is -0.0109. The van der Waals surface area contributed by atoms with Crippen molar-refractivity contribution >= 4 is 27.6 Å². The van der Waals surface area contributed by atoms with Crippen LogP contribution in [0, 0.1) is 0 Å². The Morgan fingerprint density at radius 2 is 1.37 bits per heavy atom. The van der Waals surface area contributed by atoms with Gasteiger partial charge < -0.3 is 4.57 Å². The van der Waals surface area contributed by atoms with Crippen LogP contribution in [0.4, 0.5) is 0 Å². The maximum atomic E-state index is 12.8. The molecular weight excluding hydrogens is 334 g/mol. The number of hydrogen-bond acceptors (Lipinski definition) is 3. The quantitative estimate of drug-likeness (QED) is 0.430. The Morgan fingerprint density at radius 3 is 2.11 bits per heavy atom. The lowest BCUT2D eigenvalue weighted by Crippen LogP contribution is -2.00. The Balaban J connectivity index is 1.67. The van der Waals surface area contributed by atoms with Crippen molar-refractivity contribution in [1.29, 1.82) is 0 Å². The lowest BCUT2D eigenvalue weighted by Gasteiger charge is -2.09. The molecule has 3 aromatic heterocycles. The highest BCUT2D eigenvalue weighted by molar-refractivity contribution is 6.20. The summed E-state index contributed by atoms with van der Waals surface area (Å²) in [5.41, 5.74) is 5.66. The largest absolute Gasteiger partial charge is 0.308 e. The number of carbonyl (C=O) groups is 1. The maximum Gasteiger partial charge on any atom is 0.197 e. The number of fused-ring (bicyclic) bond motifs is 6. The Bertz CT molecular complexity index is 1340. The highest BCUT2D eigenvalue weighted by atomic mass is 16.1. The minimum absolute atomic E-state index is 0.0109. The van der Waals surface area contributed by atoms with Gasteiger partial charge in [-0.05, 0) is 30.3 Å². The fourth-order valence-electron chi connectivity index (χ4n) is 4.06. The van der Waals surface area contributed by atoms with E-state index in [-0.39, 0.29) is 5.78 Å². The molecule has 0 radical (unpaired) electrons. The number of nitrogens with zero attached hydrogens (tertiary/aromatic N) is 3. The van der Waals surface area contributed by atoms with Crippen LogP contribution in [-0.4, -0.2) is 20.3 Å². The topological polar surface area (TPSA) is 47.8 Å². The van der Waals surface area contributed by atoms with Crippen LogP contribution < -0.4 is 0 Å². The Kier molecular flexibility index (Phi) is 2.72. The van der Waals surface area contributed by atoms with E-state index in [9.17, 15) is 4.79 Å². The zero-order valence-electron chi connectivity index (χ0n) is 14.3. The molecule has 0 spiro atoms. The van der Waals surface area contributed by atoms with E-state index < -0.39 is 0 Å². The van der Waals surface area contributed by atoms with E-state index in [4.69, 9.17) is 0 Å². The molecule has 4 nitrogen and oxygen atoms in total. The summed E-state index contributed by atoms with van der Waals surface area (Å²) in [6.07, 6.45) is 3.53. The third kappa shape index (κ3) is 1.84. The van der Waals surface area contributed by atoms with Crippen LogP contribution in [0.3, 0.4) is 0 Å². The second-order valence-electron chi connectivity index (χ2n) is 6.69. The van der Waals surface area contributed by atoms with Crippen molar-refractivity contribution in [2.24, 2.45) is 0 Å². The van der Waals surface area contributed by atoms with Crippen LogP contribution in [0.2, 0.25) is 0 Å². The summed E-state index contributed by atoms with van der Waals surface area (Å²) >= 11 is 0. The van der Waals surface area contributed by atoms with E-state index in [1.807, 2.05) is 42.6 Å². The van der Waals surface area contributed by atoms with Crippen molar-refractivity contribution in [3.63, 3.8) is 0 Å². The SMILES string of the molecule is O=C1c2cccnc2-c2ncc(-n3c4ccccc4c4ccccc43)cc21. The van der Waals surface area contributed by atoms with E-state index in [0.717, 1.165) is 16.7 Å². The Morgan fingerprint density at radius 1 is 0.704 bits per heavy atom. The van der Waals surface area contributed by atoms with E-state index in [0.29, 0.717) is 22.5 Å². The van der Waals surface area contributed by atoms with Crippen molar-refractivity contribution < 1.29 is 4.79 Å². The first-order chi connectivity index (χ1) is 13.3. The standard InChI is InChI=1S/C23H13N3O/c27-23-17-8-5-11-24-21(17)22-18(23)12-14(13-25-22)26-19-9-3-1-6-15(19)16-7-2-4-10-20(16)26/h1-13H. The number of para-hydroxylation sites is 2. The van der Waals surface area contributed by atoms with Crippen molar-refractivity contribution in [2.75, 3.05) is 0 Å². The predicted molar refractivity (Wildman–Crippen MR) is 105 cm³/mol. The van der Waals surface area contributed by atoms with Crippen molar-refractivity contribution in [1.82, 2.24) is 14.5 Å². The second-order valence-corrected chi connectivity index (χ2v) is 6.69. The fourth-order valence-corrected chi connectivity index (χ4v) is 4.06. The van der Waals surface area contributed by atoms with Crippen LogP contribution in [0.1, 0.15) is 15.9 Å². The van der Waals surface area contributed by atoms with Gasteiger partial charge in [-0.15, -0.1) is 0 Å². The first kappa shape index (κ1) is 14.4. The van der Waals surface area contributed by atoms with Gasteiger partial charge in [-0.1, -0.05) is 36.4 Å². The number of aromatic nitrogens is 3. The summed E-state index contributed by atoms with van der Waals surface area (Å²) in [7, 11) is 0. The van der Waals surface area contributed by atoms with Crippen molar-refractivity contribution in [2.45, 2.75) is 0 Å². The number of carbonyl (C=O) groups excluding carboxylic acids is 1. The summed E-state index contributed by atoms with van der Waals surface area (Å²) in [5, 5.41) is 2.37. The molecule has 0 N–H and O–H groups in total. The Hall–Kier alpha value is -3.79. The second kappa shape index (κ2) is 5.11. The third-order valence-electron chi connectivity index (χ3n) is 5.23. The molecule has 2 aromatic carbocycles. The molecule has 0 saturated heterocycles. The maximum absolute atomic E-state index is 12.8. The van der Waals surface area contributed by atoms with Gasteiger partial charge in [0.15, 0.2) is 5.78 Å². The number of pyridine rings is 2. The van der Waals surface area contributed by atoms with Crippen LogP contribution in [0.5, 0.6) is 0 Å². The minimum Gasteiger partial charge on any atom is -0.308 e. The van der Waals surface area contributed by atoms with E-state index in [1.54, 1.807) is 12.3 Å². The number of benzene rings is 2. The zero-order chi connectivity index (χ0) is 18.0. The molecule has 1 aliphatic rings. The third-order valence-corrected chi connectivity index (χ3v) is 5.23. The molecule has 0 fully saturated rings. The van der Waals surface area contributed by atoms with Gasteiger partial charge in [-0.3, -0.25) is 14.8 Å². The molecule has 3 heterocycles. The highest BCUT2D eigenvalue weighted by Crippen LogP contribution is 2.36. The molecule has 1 aliphatic carbocycles. The average Bonchev–Trinajstić information content (AvgIpc) is 3.21. The summed E-state index contributed by atoms with van der Waals surface area (Å²) in [6.45, 7) is 0. The molecular formula is C23H13N3O. The highest BCUT2D eigenvalue weighted by Gasteiger charge is 2.29. The fraction of sp³-hybridized carbons (Fsp3) is 0. The molecule has 0 bridgehead atoms. The lowest BCUT2D eigenvalue weighted by molar-refractivity contribution is 0.104. The van der Waals surface area contributed by atoms with Gasteiger partial charge in [0, 0.05) is 17.0 Å². The summed E-state index contributed by atoms with van der Waals surface area (Å²) in [6, 6.07) is 22.1. The van der Waals surface area contributed by atoms with Crippen LogP contribution in [0.25, 0.3) is 38.9 Å². The van der Waals surface area contributed by atoms with Gasteiger partial charge in [0.1, 0.15) is 11.4 Å². The van der Waals surface area contributed by atoms with Gasteiger partial charge in [-0.2, -0.15) is 0 Å². The normalized spacial score (nSPS) is 12.5. The Labute approximate surface area is 154 Å². The monoisotopic (exact) mass is 347 g/mol. The van der Waals surface area contributed by atoms with Crippen LogP contribution in [0.15, 0.2) is 79.1 Å². The number of hydrogen-bond donors (Lipinski definition) is 0. The van der Waals surface area contributed by atoms with Gasteiger partial charge in [0.2, 0.25) is 0 Å². The van der Waals surface area contributed by atoms with Crippen LogP contribution in [-0.2, 0) is 0 Å². The molecule has 0 unspecified atom stereocenters. The van der Waals surface area contributed by atoms with E-state index in [1.165, 1.54) is 10.8 Å². The summed E-state index contributed by atoms with van der Waals surface area (Å²) < 4.78 is 2.17. The van der Waals surface area contributed by atoms with E-state index >= 15 is 0 Å². The van der Waals surface area contributed by atoms with E-state index in [2.05, 4.69) is 38.8 Å². The number of ketones is 1. The average molecular weight is 347 g/mol. The molecule has 4 heteroatoms. The lowest BCUT2D eigenvalue weighted by atomic mass is 10.1. The number of rotatable bonds is 1. The molecule has 0 amide bonds. The summed E-state index contributed by atoms with van der Waals surface area (Å²) in [4.78, 5) is 21.8. The van der Waals surface area contributed by atoms with Crippen molar-refractivity contribution in [3.05, 3.63) is 90.3 Å². The molecule has 126 valence electrons. The molecule has 27 heavy (non-hydrogen) atoms. The zero-order valence-corrected chi connectivity index (χ0v) is 14.3. The smallest absolute Gasteiger partial charge is 0.197 e. The molecule has 0 aliphatic heterocycles. The first-order valence-electron chi connectivity index (χ1n) is 8.81. The molecule has 5 aromatic rings. The van der Waals surface area contributed by atoms with Crippen molar-refractivity contribution in [3.8, 4) is 17.1 Å².